The lowest BCUT2D eigenvalue weighted by Gasteiger charge is -2.13. The second kappa shape index (κ2) is 9.11. The zero-order valence-corrected chi connectivity index (χ0v) is 15.4. The maximum Gasteiger partial charge on any atom is 0.238 e. The monoisotopic (exact) mass is 342 g/mol. The van der Waals surface area contributed by atoms with Gasteiger partial charge in [-0.25, -0.2) is 4.98 Å². The molecule has 0 saturated heterocycles. The van der Waals surface area contributed by atoms with E-state index in [0.717, 1.165) is 5.52 Å². The molecule has 0 aromatic carbocycles. The number of nitrogens with zero attached hydrogens (tertiary/aromatic N) is 2. The Kier molecular flexibility index (Phi) is 7.82. The van der Waals surface area contributed by atoms with E-state index >= 15 is 0 Å². The average Bonchev–Trinajstić information content (AvgIpc) is 2.75. The minimum Gasteiger partial charge on any atom is -0.476 e. The summed E-state index contributed by atoms with van der Waals surface area (Å²) < 4.78 is 18.8. The van der Waals surface area contributed by atoms with Crippen molar-refractivity contribution in [1.29, 1.82) is 0 Å². The van der Waals surface area contributed by atoms with Gasteiger partial charge >= 0.3 is 0 Å². The molecule has 5 nitrogen and oxygen atoms in total. The maximum absolute atomic E-state index is 5.90. The number of rotatable bonds is 8. The number of pyridine rings is 1. The fraction of sp³-hybridized carbons (Fsp3) is 0.588. The number of methoxy groups -OCH3 is 1. The number of fused-ring (bicyclic) bond motifs is 1. The highest BCUT2D eigenvalue weighted by Crippen LogP contribution is 2.31. The molecule has 0 bridgehead atoms. The summed E-state index contributed by atoms with van der Waals surface area (Å²) in [5.74, 6) is 1.14. The van der Waals surface area contributed by atoms with Crippen molar-refractivity contribution in [3.05, 3.63) is 23.5 Å². The van der Waals surface area contributed by atoms with Gasteiger partial charge in [-0.05, 0) is 31.4 Å². The number of halogens is 1. The average molecular weight is 343 g/mol. The Morgan fingerprint density at radius 1 is 1.22 bits per heavy atom. The van der Waals surface area contributed by atoms with E-state index in [1.165, 1.54) is 16.6 Å². The van der Waals surface area contributed by atoms with Crippen LogP contribution in [-0.4, -0.2) is 36.5 Å². The summed E-state index contributed by atoms with van der Waals surface area (Å²) in [6.07, 6.45) is 1.81. The SMILES string of the molecule is COCCOCn1c(C)c(C)c2ccnc(OCC(C)C)c21.Cl. The van der Waals surface area contributed by atoms with Crippen LogP contribution in [-0.2, 0) is 16.2 Å². The molecule has 6 heteroatoms. The Bertz CT molecular complexity index is 626. The second-order valence-corrected chi connectivity index (χ2v) is 5.89. The van der Waals surface area contributed by atoms with E-state index < -0.39 is 0 Å². The first kappa shape index (κ1) is 19.7. The van der Waals surface area contributed by atoms with E-state index in [-0.39, 0.29) is 12.4 Å². The van der Waals surface area contributed by atoms with Crippen LogP contribution in [0.2, 0.25) is 0 Å². The van der Waals surface area contributed by atoms with E-state index in [1.807, 2.05) is 6.07 Å². The molecular formula is C17H27ClN2O3. The van der Waals surface area contributed by atoms with Gasteiger partial charge in [0.2, 0.25) is 5.88 Å². The second-order valence-electron chi connectivity index (χ2n) is 5.89. The first-order chi connectivity index (χ1) is 10.6. The Morgan fingerprint density at radius 3 is 2.61 bits per heavy atom. The van der Waals surface area contributed by atoms with E-state index in [2.05, 4.69) is 37.2 Å². The Hall–Kier alpha value is -1.30. The Morgan fingerprint density at radius 2 is 1.96 bits per heavy atom. The van der Waals surface area contributed by atoms with E-state index in [1.54, 1.807) is 13.3 Å². The van der Waals surface area contributed by atoms with Crippen molar-refractivity contribution < 1.29 is 14.2 Å². The quantitative estimate of drug-likeness (QED) is 0.686. The van der Waals surface area contributed by atoms with Crippen molar-refractivity contribution in [3.63, 3.8) is 0 Å². The molecule has 2 aromatic rings. The lowest BCUT2D eigenvalue weighted by molar-refractivity contribution is 0.0350. The Labute approximate surface area is 144 Å². The number of hydrogen-bond acceptors (Lipinski definition) is 4. The zero-order chi connectivity index (χ0) is 16.1. The first-order valence-corrected chi connectivity index (χ1v) is 7.70. The standard InChI is InChI=1S/C17H26N2O3.ClH/c1-12(2)10-22-17-16-15(6-7-18-17)13(3)14(4)19(16)11-21-9-8-20-5;/h6-7,12H,8-11H2,1-5H3;1H. The van der Waals surface area contributed by atoms with Gasteiger partial charge in [-0.1, -0.05) is 13.8 Å². The minimum absolute atomic E-state index is 0. The molecule has 0 aliphatic carbocycles. The molecule has 0 aliphatic rings. The third-order valence-corrected chi connectivity index (χ3v) is 3.72. The Balaban J connectivity index is 0.00000264. The van der Waals surface area contributed by atoms with Gasteiger partial charge in [-0.2, -0.15) is 0 Å². The largest absolute Gasteiger partial charge is 0.476 e. The molecule has 23 heavy (non-hydrogen) atoms. The number of aromatic nitrogens is 2. The van der Waals surface area contributed by atoms with E-state index in [0.29, 0.717) is 38.3 Å². The predicted molar refractivity (Wildman–Crippen MR) is 94.6 cm³/mol. The van der Waals surface area contributed by atoms with Crippen LogP contribution < -0.4 is 4.74 Å². The van der Waals surface area contributed by atoms with Gasteiger partial charge in [0.05, 0.1) is 19.8 Å². The summed E-state index contributed by atoms with van der Waals surface area (Å²) in [5, 5.41) is 1.17. The number of aryl methyl sites for hydroxylation is 1. The molecule has 0 aliphatic heterocycles. The zero-order valence-electron chi connectivity index (χ0n) is 14.6. The minimum atomic E-state index is 0. The topological polar surface area (TPSA) is 45.5 Å². The van der Waals surface area contributed by atoms with Gasteiger partial charge in [0.1, 0.15) is 12.2 Å². The third kappa shape index (κ3) is 4.59. The van der Waals surface area contributed by atoms with Crippen LogP contribution >= 0.6 is 12.4 Å². The molecule has 130 valence electrons. The van der Waals surface area contributed by atoms with Crippen LogP contribution in [0.25, 0.3) is 10.9 Å². The van der Waals surface area contributed by atoms with Crippen LogP contribution in [0.1, 0.15) is 25.1 Å². The number of ether oxygens (including phenoxy) is 3. The summed E-state index contributed by atoms with van der Waals surface area (Å²) in [5.41, 5.74) is 3.42. The maximum atomic E-state index is 5.90. The number of hydrogen-bond donors (Lipinski definition) is 0. The molecule has 0 unspecified atom stereocenters. The molecule has 0 saturated carbocycles. The summed E-state index contributed by atoms with van der Waals surface area (Å²) >= 11 is 0. The molecule has 2 rings (SSSR count). The van der Waals surface area contributed by atoms with Crippen LogP contribution in [0.15, 0.2) is 12.3 Å². The molecule has 2 heterocycles. The van der Waals surface area contributed by atoms with Crippen molar-refractivity contribution in [3.8, 4) is 5.88 Å². The van der Waals surface area contributed by atoms with E-state index in [4.69, 9.17) is 14.2 Å². The molecule has 0 fully saturated rings. The van der Waals surface area contributed by atoms with E-state index in [9.17, 15) is 0 Å². The lowest BCUT2D eigenvalue weighted by Crippen LogP contribution is -2.10. The predicted octanol–water partition coefficient (Wildman–Crippen LogP) is 3.73. The molecular weight excluding hydrogens is 316 g/mol. The lowest BCUT2D eigenvalue weighted by atomic mass is 10.2. The van der Waals surface area contributed by atoms with Crippen molar-refractivity contribution in [2.24, 2.45) is 5.92 Å². The molecule has 0 atom stereocenters. The normalized spacial score (nSPS) is 11.0. The van der Waals surface area contributed by atoms with Gasteiger partial charge in [-0.15, -0.1) is 12.4 Å². The van der Waals surface area contributed by atoms with Crippen LogP contribution in [0.5, 0.6) is 5.88 Å². The van der Waals surface area contributed by atoms with Gasteiger partial charge in [-0.3, -0.25) is 0 Å². The van der Waals surface area contributed by atoms with Gasteiger partial charge < -0.3 is 18.8 Å². The summed E-state index contributed by atoms with van der Waals surface area (Å²) in [6, 6.07) is 2.03. The van der Waals surface area contributed by atoms with Gasteiger partial charge in [0, 0.05) is 24.4 Å². The third-order valence-electron chi connectivity index (χ3n) is 3.72. The van der Waals surface area contributed by atoms with Gasteiger partial charge in [0.25, 0.3) is 0 Å². The highest BCUT2D eigenvalue weighted by atomic mass is 35.5. The summed E-state index contributed by atoms with van der Waals surface area (Å²) in [4.78, 5) is 4.42. The molecule has 2 aromatic heterocycles. The van der Waals surface area contributed by atoms with Gasteiger partial charge in [0.15, 0.2) is 0 Å². The van der Waals surface area contributed by atoms with Crippen LogP contribution in [0, 0.1) is 19.8 Å². The van der Waals surface area contributed by atoms with Crippen LogP contribution in [0.4, 0.5) is 0 Å². The highest BCUT2D eigenvalue weighted by molar-refractivity contribution is 5.88. The van der Waals surface area contributed by atoms with Crippen LogP contribution in [0.3, 0.4) is 0 Å². The highest BCUT2D eigenvalue weighted by Gasteiger charge is 2.16. The van der Waals surface area contributed by atoms with Crippen molar-refractivity contribution in [2.75, 3.05) is 26.9 Å². The van der Waals surface area contributed by atoms with Crippen molar-refractivity contribution in [2.45, 2.75) is 34.4 Å². The molecule has 0 N–H and O–H groups in total. The summed E-state index contributed by atoms with van der Waals surface area (Å²) in [6.45, 7) is 10.8. The molecule has 0 radical (unpaired) electrons. The molecule has 0 amide bonds. The smallest absolute Gasteiger partial charge is 0.238 e. The summed E-state index contributed by atoms with van der Waals surface area (Å²) in [7, 11) is 1.67. The fourth-order valence-corrected chi connectivity index (χ4v) is 2.37. The molecule has 0 spiro atoms. The van der Waals surface area contributed by atoms with Crippen molar-refractivity contribution in [1.82, 2.24) is 9.55 Å². The fourth-order valence-electron chi connectivity index (χ4n) is 2.37. The van der Waals surface area contributed by atoms with Crippen molar-refractivity contribution >= 4 is 23.3 Å². The first-order valence-electron chi connectivity index (χ1n) is 7.70.